The van der Waals surface area contributed by atoms with Crippen molar-refractivity contribution in [3.8, 4) is 17.2 Å². The Balaban J connectivity index is 1.86. The second-order valence-electron chi connectivity index (χ2n) is 8.60. The number of phenols is 1. The van der Waals surface area contributed by atoms with Crippen LogP contribution in [-0.4, -0.2) is 36.5 Å². The Labute approximate surface area is 228 Å². The molecule has 1 N–H and O–H groups in total. The summed E-state index contributed by atoms with van der Waals surface area (Å²) in [6.45, 7) is 1.88. The Kier molecular flexibility index (Phi) is 7.33. The number of fused-ring (bicyclic) bond motifs is 1. The van der Waals surface area contributed by atoms with Crippen LogP contribution in [0.15, 0.2) is 88.2 Å². The number of aromatic nitrogens is 1. The molecule has 39 heavy (non-hydrogen) atoms. The molecule has 5 rings (SSSR count). The summed E-state index contributed by atoms with van der Waals surface area (Å²) in [6.07, 6.45) is 1.63. The van der Waals surface area contributed by atoms with Gasteiger partial charge < -0.3 is 19.3 Å². The lowest BCUT2D eigenvalue weighted by molar-refractivity contribution is -0.138. The second-order valence-corrected chi connectivity index (χ2v) is 9.61. The number of hydrogen-bond donors (Lipinski definition) is 1. The summed E-state index contributed by atoms with van der Waals surface area (Å²) >= 11 is 1.18. The number of nitrogens with zero attached hydrogens (tertiary/aromatic N) is 2. The number of methoxy groups -OCH3 is 2. The summed E-state index contributed by atoms with van der Waals surface area (Å²) in [4.78, 5) is 32.7. The van der Waals surface area contributed by atoms with Crippen LogP contribution in [0.3, 0.4) is 0 Å². The summed E-state index contributed by atoms with van der Waals surface area (Å²) in [6, 6.07) is 20.5. The van der Waals surface area contributed by atoms with Gasteiger partial charge in [0.2, 0.25) is 0 Å². The molecule has 1 aliphatic heterocycles. The number of phenolic OH excluding ortho intramolecular Hbond substituents is 1. The minimum atomic E-state index is -0.859. The minimum absolute atomic E-state index is 0.0527. The molecule has 0 aliphatic carbocycles. The number of thiazole rings is 1. The highest BCUT2D eigenvalue weighted by Gasteiger charge is 2.35. The Bertz CT molecular complexity index is 1750. The highest BCUT2D eigenvalue weighted by molar-refractivity contribution is 7.07. The second kappa shape index (κ2) is 11.0. The van der Waals surface area contributed by atoms with Crippen molar-refractivity contribution in [3.05, 3.63) is 115 Å². The van der Waals surface area contributed by atoms with E-state index in [-0.39, 0.29) is 23.5 Å². The molecule has 8 nitrogen and oxygen atoms in total. The molecule has 0 amide bonds. The van der Waals surface area contributed by atoms with E-state index < -0.39 is 12.0 Å². The first-order chi connectivity index (χ1) is 19.0. The number of esters is 1. The third-order valence-corrected chi connectivity index (χ3v) is 7.30. The van der Waals surface area contributed by atoms with Crippen LogP contribution in [0.2, 0.25) is 0 Å². The molecule has 3 aromatic carbocycles. The van der Waals surface area contributed by atoms with Gasteiger partial charge in [0.25, 0.3) is 5.56 Å². The molecule has 9 heteroatoms. The van der Waals surface area contributed by atoms with Gasteiger partial charge >= 0.3 is 5.97 Å². The highest BCUT2D eigenvalue weighted by Crippen LogP contribution is 2.38. The fourth-order valence-corrected chi connectivity index (χ4v) is 5.52. The van der Waals surface area contributed by atoms with Gasteiger partial charge in [-0.2, -0.15) is 0 Å². The van der Waals surface area contributed by atoms with E-state index in [1.165, 1.54) is 30.1 Å². The fraction of sp³-hybridized carbons (Fsp3) is 0.167. The van der Waals surface area contributed by atoms with Gasteiger partial charge in [0, 0.05) is 11.1 Å². The standard InChI is InChI=1S/C30H26N2O6S/c1-4-38-29(35)25-26(18-10-6-5-7-11-18)31-30-32(27(25)20-14-15-22(36-2)23(16-20)37-3)28(34)24(39-30)17-19-12-8-9-13-21(19)33/h5-17,27,33H,4H2,1-3H3/b24-17+/t27-/m1/s1. The number of para-hydroxylation sites is 1. The summed E-state index contributed by atoms with van der Waals surface area (Å²) in [5.74, 6) is 0.442. The van der Waals surface area contributed by atoms with E-state index in [2.05, 4.69) is 0 Å². The van der Waals surface area contributed by atoms with Gasteiger partial charge in [-0.1, -0.05) is 65.9 Å². The predicted molar refractivity (Wildman–Crippen MR) is 149 cm³/mol. The average Bonchev–Trinajstić information content (AvgIpc) is 3.27. The van der Waals surface area contributed by atoms with Crippen molar-refractivity contribution in [3.63, 3.8) is 0 Å². The van der Waals surface area contributed by atoms with Crippen LogP contribution in [0.25, 0.3) is 11.8 Å². The zero-order valence-electron chi connectivity index (χ0n) is 21.6. The quantitative estimate of drug-likeness (QED) is 0.358. The molecule has 1 aromatic heterocycles. The van der Waals surface area contributed by atoms with Crippen molar-refractivity contribution < 1.29 is 24.1 Å². The van der Waals surface area contributed by atoms with E-state index in [1.807, 2.05) is 30.3 Å². The molecule has 0 saturated heterocycles. The fourth-order valence-electron chi connectivity index (χ4n) is 4.53. The highest BCUT2D eigenvalue weighted by atomic mass is 32.1. The van der Waals surface area contributed by atoms with E-state index in [9.17, 15) is 14.7 Å². The third-order valence-electron chi connectivity index (χ3n) is 6.32. The van der Waals surface area contributed by atoms with Crippen LogP contribution in [0.1, 0.15) is 29.7 Å². The number of carbonyl (C=O) groups is 1. The van der Waals surface area contributed by atoms with Crippen LogP contribution in [0.4, 0.5) is 0 Å². The summed E-state index contributed by atoms with van der Waals surface area (Å²) < 4.78 is 18.3. The normalized spacial score (nSPS) is 14.9. The predicted octanol–water partition coefficient (Wildman–Crippen LogP) is 3.66. The van der Waals surface area contributed by atoms with Crippen molar-refractivity contribution in [2.24, 2.45) is 4.99 Å². The summed E-state index contributed by atoms with van der Waals surface area (Å²) in [7, 11) is 3.06. The number of ether oxygens (including phenoxy) is 3. The molecule has 0 spiro atoms. The van der Waals surface area contributed by atoms with Crippen molar-refractivity contribution in [1.82, 2.24) is 4.57 Å². The van der Waals surface area contributed by atoms with Gasteiger partial charge in [-0.15, -0.1) is 0 Å². The number of carbonyl (C=O) groups excluding carboxylic acids is 1. The lowest BCUT2D eigenvalue weighted by Gasteiger charge is -2.26. The lowest BCUT2D eigenvalue weighted by atomic mass is 9.93. The zero-order valence-corrected chi connectivity index (χ0v) is 22.4. The number of hydrogen-bond acceptors (Lipinski definition) is 8. The molecule has 198 valence electrons. The summed E-state index contributed by atoms with van der Waals surface area (Å²) in [5, 5.41) is 10.3. The topological polar surface area (TPSA) is 99.4 Å². The van der Waals surface area contributed by atoms with E-state index in [1.54, 1.807) is 55.5 Å². The minimum Gasteiger partial charge on any atom is -0.507 e. The van der Waals surface area contributed by atoms with Crippen LogP contribution >= 0.6 is 11.3 Å². The molecule has 0 bridgehead atoms. The molecular weight excluding hydrogens is 516 g/mol. The van der Waals surface area contributed by atoms with Crippen LogP contribution in [0, 0.1) is 0 Å². The molecule has 2 heterocycles. The van der Waals surface area contributed by atoms with Gasteiger partial charge in [-0.3, -0.25) is 9.36 Å². The maximum atomic E-state index is 13.9. The Hall–Kier alpha value is -4.63. The third kappa shape index (κ3) is 4.84. The lowest BCUT2D eigenvalue weighted by Crippen LogP contribution is -2.40. The van der Waals surface area contributed by atoms with Crippen molar-refractivity contribution >= 4 is 29.1 Å². The van der Waals surface area contributed by atoms with E-state index >= 15 is 0 Å². The first kappa shape index (κ1) is 26.0. The smallest absolute Gasteiger partial charge is 0.338 e. The molecule has 4 aromatic rings. The molecular formula is C30H26N2O6S. The summed E-state index contributed by atoms with van der Waals surface area (Å²) in [5.41, 5.74) is 2.13. The van der Waals surface area contributed by atoms with E-state index in [0.717, 1.165) is 0 Å². The zero-order chi connectivity index (χ0) is 27.5. The SMILES string of the molecule is CCOC(=O)C1=C(c2ccccc2)N=c2s/c(=C/c3ccccc3O)c(=O)n2[C@@H]1c1ccc(OC)c(OC)c1. The van der Waals surface area contributed by atoms with E-state index in [0.29, 0.717) is 43.2 Å². The van der Waals surface area contributed by atoms with Gasteiger partial charge in [0.15, 0.2) is 16.3 Å². The van der Waals surface area contributed by atoms with Crippen molar-refractivity contribution in [2.75, 3.05) is 20.8 Å². The Morgan fingerprint density at radius 3 is 2.44 bits per heavy atom. The first-order valence-electron chi connectivity index (χ1n) is 12.2. The molecule has 0 saturated carbocycles. The molecule has 0 radical (unpaired) electrons. The van der Waals surface area contributed by atoms with Crippen LogP contribution < -0.4 is 24.4 Å². The van der Waals surface area contributed by atoms with Gasteiger partial charge in [0.1, 0.15) is 5.75 Å². The monoisotopic (exact) mass is 542 g/mol. The van der Waals surface area contributed by atoms with Crippen molar-refractivity contribution in [2.45, 2.75) is 13.0 Å². The number of rotatable bonds is 7. The van der Waals surface area contributed by atoms with Gasteiger partial charge in [-0.25, -0.2) is 9.79 Å². The Morgan fingerprint density at radius 1 is 1.03 bits per heavy atom. The number of aromatic hydroxyl groups is 1. The van der Waals surface area contributed by atoms with E-state index in [4.69, 9.17) is 19.2 Å². The van der Waals surface area contributed by atoms with Crippen LogP contribution in [-0.2, 0) is 9.53 Å². The first-order valence-corrected chi connectivity index (χ1v) is 13.1. The Morgan fingerprint density at radius 2 is 1.74 bits per heavy atom. The number of benzene rings is 3. The van der Waals surface area contributed by atoms with Crippen LogP contribution in [0.5, 0.6) is 17.2 Å². The van der Waals surface area contributed by atoms with Gasteiger partial charge in [-0.05, 0) is 36.8 Å². The molecule has 0 fully saturated rings. The molecule has 1 atom stereocenters. The van der Waals surface area contributed by atoms with Crippen molar-refractivity contribution in [1.29, 1.82) is 0 Å². The maximum Gasteiger partial charge on any atom is 0.338 e. The van der Waals surface area contributed by atoms with Gasteiger partial charge in [0.05, 0.1) is 42.7 Å². The molecule has 1 aliphatic rings. The average molecular weight is 543 g/mol. The molecule has 0 unspecified atom stereocenters. The maximum absolute atomic E-state index is 13.9. The largest absolute Gasteiger partial charge is 0.507 e.